The van der Waals surface area contributed by atoms with Gasteiger partial charge in [-0.3, -0.25) is 0 Å². The fraction of sp³-hybridized carbons (Fsp3) is 0.0417. The number of carbonyl (C=O) groups is 1. The molecule has 10 nitrogen and oxygen atoms in total. The number of anilines is 2. The maximum absolute atomic E-state index is 11.3. The molecule has 0 aliphatic carbocycles. The number of methoxy groups -OCH3 is 1. The van der Waals surface area contributed by atoms with E-state index in [2.05, 4.69) is 20.3 Å². The molecule has 0 spiro atoms. The van der Waals surface area contributed by atoms with Crippen molar-refractivity contribution in [3.63, 3.8) is 0 Å². The first-order valence-electron chi connectivity index (χ1n) is 9.89. The minimum Gasteiger partial charge on any atom is -0.497 e. The van der Waals surface area contributed by atoms with Crippen molar-refractivity contribution in [2.45, 2.75) is 0 Å². The van der Waals surface area contributed by atoms with E-state index in [0.29, 0.717) is 28.5 Å². The molecule has 0 aliphatic rings. The van der Waals surface area contributed by atoms with Crippen LogP contribution >= 0.6 is 0 Å². The lowest BCUT2D eigenvalue weighted by Gasteiger charge is -2.11. The summed E-state index contributed by atoms with van der Waals surface area (Å²) in [7, 11) is 1.56. The standard InChI is InChI=1S/C24H17N5O5/c1-32-18-9-11-20(12-10-18)34-24-28-22(26-17-4-2-3-16(13-17)21(30)31)27-23(29-24)33-19-7-5-15(14-25)6-8-19/h2-13H,1H3,(H,30,31)(H,26,27,28,29). The van der Waals surface area contributed by atoms with Gasteiger partial charge in [0, 0.05) is 5.69 Å². The van der Waals surface area contributed by atoms with Gasteiger partial charge in [0.2, 0.25) is 5.95 Å². The summed E-state index contributed by atoms with van der Waals surface area (Å²) >= 11 is 0. The van der Waals surface area contributed by atoms with Crippen LogP contribution in [0.2, 0.25) is 0 Å². The molecule has 34 heavy (non-hydrogen) atoms. The molecule has 0 fully saturated rings. The monoisotopic (exact) mass is 455 g/mol. The number of hydrogen-bond donors (Lipinski definition) is 2. The van der Waals surface area contributed by atoms with Crippen molar-refractivity contribution in [3.8, 4) is 35.3 Å². The number of nitrogens with one attached hydrogen (secondary N) is 1. The highest BCUT2D eigenvalue weighted by molar-refractivity contribution is 5.89. The predicted octanol–water partition coefficient (Wildman–Crippen LogP) is 4.78. The highest BCUT2D eigenvalue weighted by Crippen LogP contribution is 2.26. The van der Waals surface area contributed by atoms with Gasteiger partial charge in [0.15, 0.2) is 0 Å². The number of aromatic carboxylic acids is 1. The molecule has 168 valence electrons. The first-order valence-corrected chi connectivity index (χ1v) is 9.89. The number of benzene rings is 3. The van der Waals surface area contributed by atoms with Crippen molar-refractivity contribution in [1.29, 1.82) is 5.26 Å². The van der Waals surface area contributed by atoms with E-state index < -0.39 is 5.97 Å². The van der Waals surface area contributed by atoms with E-state index in [9.17, 15) is 9.90 Å². The molecule has 4 rings (SSSR count). The van der Waals surface area contributed by atoms with Crippen molar-refractivity contribution < 1.29 is 24.1 Å². The van der Waals surface area contributed by atoms with Crippen molar-refractivity contribution in [1.82, 2.24) is 15.0 Å². The number of rotatable bonds is 8. The summed E-state index contributed by atoms with van der Waals surface area (Å²) in [4.78, 5) is 24.0. The molecule has 1 heterocycles. The topological polar surface area (TPSA) is 139 Å². The van der Waals surface area contributed by atoms with Gasteiger partial charge >= 0.3 is 18.0 Å². The highest BCUT2D eigenvalue weighted by atomic mass is 16.5. The second-order valence-corrected chi connectivity index (χ2v) is 6.75. The van der Waals surface area contributed by atoms with E-state index in [-0.39, 0.29) is 23.5 Å². The smallest absolute Gasteiger partial charge is 0.335 e. The zero-order valence-electron chi connectivity index (χ0n) is 17.8. The fourth-order valence-corrected chi connectivity index (χ4v) is 2.80. The quantitative estimate of drug-likeness (QED) is 0.381. The van der Waals surface area contributed by atoms with Crippen LogP contribution in [-0.4, -0.2) is 33.1 Å². The van der Waals surface area contributed by atoms with Crippen LogP contribution in [0.15, 0.2) is 72.8 Å². The normalized spacial score (nSPS) is 10.1. The predicted molar refractivity (Wildman–Crippen MR) is 121 cm³/mol. The van der Waals surface area contributed by atoms with Crippen LogP contribution in [0.25, 0.3) is 0 Å². The molecule has 0 bridgehead atoms. The van der Waals surface area contributed by atoms with E-state index in [1.807, 2.05) is 6.07 Å². The van der Waals surface area contributed by atoms with E-state index in [1.165, 1.54) is 12.1 Å². The van der Waals surface area contributed by atoms with Gasteiger partial charge in [0.25, 0.3) is 0 Å². The molecule has 10 heteroatoms. The summed E-state index contributed by atoms with van der Waals surface area (Å²) in [5, 5.41) is 21.1. The summed E-state index contributed by atoms with van der Waals surface area (Å²) in [6.07, 6.45) is 0. The molecule has 0 aliphatic heterocycles. The van der Waals surface area contributed by atoms with E-state index in [4.69, 9.17) is 19.5 Å². The Balaban J connectivity index is 1.64. The van der Waals surface area contributed by atoms with Gasteiger partial charge in [-0.05, 0) is 66.7 Å². The van der Waals surface area contributed by atoms with Crippen molar-refractivity contribution in [3.05, 3.63) is 83.9 Å². The Kier molecular flexibility index (Phi) is 6.46. The lowest BCUT2D eigenvalue weighted by molar-refractivity contribution is 0.0697. The number of carboxylic acids is 1. The molecule has 1 aromatic heterocycles. The molecule has 0 saturated carbocycles. The Morgan fingerprint density at radius 3 is 2.03 bits per heavy atom. The summed E-state index contributed by atoms with van der Waals surface area (Å²) in [6.45, 7) is 0. The molecule has 0 atom stereocenters. The van der Waals surface area contributed by atoms with Crippen molar-refractivity contribution in [2.75, 3.05) is 12.4 Å². The molecular weight excluding hydrogens is 438 g/mol. The first kappa shape index (κ1) is 22.0. The maximum Gasteiger partial charge on any atom is 0.335 e. The zero-order chi connectivity index (χ0) is 23.9. The number of nitrogens with zero attached hydrogens (tertiary/aromatic N) is 4. The number of ether oxygens (including phenoxy) is 3. The zero-order valence-corrected chi connectivity index (χ0v) is 17.8. The number of hydrogen-bond acceptors (Lipinski definition) is 9. The average molecular weight is 455 g/mol. The van der Waals surface area contributed by atoms with E-state index in [1.54, 1.807) is 67.8 Å². The Morgan fingerprint density at radius 1 is 0.882 bits per heavy atom. The summed E-state index contributed by atoms with van der Waals surface area (Å²) in [6, 6.07) is 21.3. The number of carboxylic acid groups (broad SMARTS) is 1. The largest absolute Gasteiger partial charge is 0.497 e. The van der Waals surface area contributed by atoms with Gasteiger partial charge in [0.1, 0.15) is 17.2 Å². The fourth-order valence-electron chi connectivity index (χ4n) is 2.80. The van der Waals surface area contributed by atoms with Crippen LogP contribution < -0.4 is 19.5 Å². The first-order chi connectivity index (χ1) is 16.5. The molecule has 3 aromatic carbocycles. The van der Waals surface area contributed by atoms with Gasteiger partial charge < -0.3 is 24.6 Å². The lowest BCUT2D eigenvalue weighted by atomic mass is 10.2. The van der Waals surface area contributed by atoms with Crippen LogP contribution in [0.1, 0.15) is 15.9 Å². The average Bonchev–Trinajstić information content (AvgIpc) is 2.85. The highest BCUT2D eigenvalue weighted by Gasteiger charge is 2.13. The van der Waals surface area contributed by atoms with Gasteiger partial charge in [-0.15, -0.1) is 4.98 Å². The Labute approximate surface area is 194 Å². The SMILES string of the molecule is COc1ccc(Oc2nc(Nc3cccc(C(=O)O)c3)nc(Oc3ccc(C#N)cc3)n2)cc1. The van der Waals surface area contributed by atoms with Gasteiger partial charge in [-0.1, -0.05) is 6.07 Å². The Hall–Kier alpha value is -5.17. The summed E-state index contributed by atoms with van der Waals surface area (Å²) in [5.74, 6) is 0.528. The lowest BCUT2D eigenvalue weighted by Crippen LogP contribution is -2.04. The second-order valence-electron chi connectivity index (χ2n) is 6.75. The Bertz CT molecular complexity index is 1350. The van der Waals surface area contributed by atoms with Gasteiger partial charge in [0.05, 0.1) is 24.3 Å². The minimum absolute atomic E-state index is 0.0549. The van der Waals surface area contributed by atoms with Gasteiger partial charge in [-0.2, -0.15) is 15.2 Å². The van der Waals surface area contributed by atoms with E-state index >= 15 is 0 Å². The van der Waals surface area contributed by atoms with E-state index in [0.717, 1.165) is 0 Å². The minimum atomic E-state index is -1.06. The third-order valence-electron chi connectivity index (χ3n) is 4.42. The van der Waals surface area contributed by atoms with Gasteiger partial charge in [-0.25, -0.2) is 4.79 Å². The van der Waals surface area contributed by atoms with Crippen LogP contribution in [0.3, 0.4) is 0 Å². The number of nitriles is 1. The van der Waals surface area contributed by atoms with Crippen LogP contribution in [0.5, 0.6) is 29.3 Å². The molecular formula is C24H17N5O5. The molecule has 0 unspecified atom stereocenters. The summed E-state index contributed by atoms with van der Waals surface area (Å²) < 4.78 is 16.6. The van der Waals surface area contributed by atoms with Crippen LogP contribution in [-0.2, 0) is 0 Å². The molecule has 0 radical (unpaired) electrons. The Morgan fingerprint density at radius 2 is 1.47 bits per heavy atom. The second kappa shape index (κ2) is 9.97. The molecule has 0 saturated heterocycles. The number of aromatic nitrogens is 3. The third-order valence-corrected chi connectivity index (χ3v) is 4.42. The van der Waals surface area contributed by atoms with Crippen molar-refractivity contribution in [2.24, 2.45) is 0 Å². The maximum atomic E-state index is 11.3. The van der Waals surface area contributed by atoms with Crippen molar-refractivity contribution >= 4 is 17.6 Å². The van der Waals surface area contributed by atoms with Crippen LogP contribution in [0.4, 0.5) is 11.6 Å². The molecule has 0 amide bonds. The summed E-state index contributed by atoms with van der Waals surface area (Å²) in [5.41, 5.74) is 1.03. The third kappa shape index (κ3) is 5.54. The molecule has 4 aromatic rings. The van der Waals surface area contributed by atoms with Crippen LogP contribution in [0, 0.1) is 11.3 Å². The molecule has 2 N–H and O–H groups in total.